The van der Waals surface area contributed by atoms with E-state index in [0.29, 0.717) is 18.8 Å². The summed E-state index contributed by atoms with van der Waals surface area (Å²) < 4.78 is 7.81. The molecule has 0 atom stereocenters. The van der Waals surface area contributed by atoms with E-state index in [1.807, 2.05) is 24.0 Å². The number of rotatable bonds is 6. The van der Waals surface area contributed by atoms with Gasteiger partial charge in [-0.05, 0) is 52.3 Å². The molecule has 0 unspecified atom stereocenters. The van der Waals surface area contributed by atoms with Crippen molar-refractivity contribution in [3.8, 4) is 0 Å². The molecule has 0 saturated heterocycles. The Kier molecular flexibility index (Phi) is 4.18. The maximum absolute atomic E-state index is 5.83. The fourth-order valence-corrected chi connectivity index (χ4v) is 2.21. The van der Waals surface area contributed by atoms with Gasteiger partial charge in [-0.2, -0.15) is 5.10 Å². The fraction of sp³-hybridized carbons (Fsp3) is 0.769. The molecule has 0 radical (unpaired) electrons. The lowest BCUT2D eigenvalue weighted by Gasteiger charge is -2.34. The van der Waals surface area contributed by atoms with E-state index >= 15 is 0 Å². The standard InChI is InChI=1S/C13H23N3O/c1-10(2)16-5-4-12(15-16)9-17-13-6-11(7-13)8-14-3/h4-5,10-11,13-14H,6-9H2,1-3H3. The van der Waals surface area contributed by atoms with Crippen molar-refractivity contribution in [2.75, 3.05) is 13.6 Å². The zero-order valence-electron chi connectivity index (χ0n) is 11.0. The lowest BCUT2D eigenvalue weighted by molar-refractivity contribution is -0.0404. The molecule has 0 spiro atoms. The Morgan fingerprint density at radius 1 is 1.53 bits per heavy atom. The van der Waals surface area contributed by atoms with Gasteiger partial charge in [-0.15, -0.1) is 0 Å². The summed E-state index contributed by atoms with van der Waals surface area (Å²) in [6, 6.07) is 2.47. The monoisotopic (exact) mass is 237 g/mol. The van der Waals surface area contributed by atoms with Crippen LogP contribution in [0.15, 0.2) is 12.3 Å². The average molecular weight is 237 g/mol. The van der Waals surface area contributed by atoms with Gasteiger partial charge in [0.2, 0.25) is 0 Å². The number of aromatic nitrogens is 2. The van der Waals surface area contributed by atoms with E-state index in [2.05, 4.69) is 24.3 Å². The minimum absolute atomic E-state index is 0.424. The van der Waals surface area contributed by atoms with Crippen molar-refractivity contribution < 1.29 is 4.74 Å². The Balaban J connectivity index is 1.68. The van der Waals surface area contributed by atoms with E-state index in [-0.39, 0.29) is 0 Å². The normalized spacial score (nSPS) is 24.0. The molecule has 1 aliphatic rings. The summed E-state index contributed by atoms with van der Waals surface area (Å²) in [6.07, 6.45) is 4.84. The van der Waals surface area contributed by atoms with E-state index in [1.165, 1.54) is 12.8 Å². The highest BCUT2D eigenvalue weighted by Crippen LogP contribution is 2.29. The van der Waals surface area contributed by atoms with Gasteiger partial charge >= 0.3 is 0 Å². The summed E-state index contributed by atoms with van der Waals surface area (Å²) in [6.45, 7) is 6.02. The molecule has 4 heteroatoms. The topological polar surface area (TPSA) is 39.1 Å². The third-order valence-electron chi connectivity index (χ3n) is 3.34. The minimum atomic E-state index is 0.424. The summed E-state index contributed by atoms with van der Waals surface area (Å²) in [5.41, 5.74) is 1.04. The maximum atomic E-state index is 5.83. The van der Waals surface area contributed by atoms with Crippen molar-refractivity contribution in [3.05, 3.63) is 18.0 Å². The largest absolute Gasteiger partial charge is 0.372 e. The molecule has 2 rings (SSSR count). The van der Waals surface area contributed by atoms with Crippen molar-refractivity contribution in [1.29, 1.82) is 0 Å². The Bertz CT molecular complexity index is 342. The molecule has 0 aliphatic heterocycles. The summed E-state index contributed by atoms with van der Waals surface area (Å²) in [5.74, 6) is 0.804. The number of hydrogen-bond acceptors (Lipinski definition) is 3. The van der Waals surface area contributed by atoms with Gasteiger partial charge in [0, 0.05) is 12.2 Å². The van der Waals surface area contributed by atoms with Crippen LogP contribution in [0.3, 0.4) is 0 Å². The van der Waals surface area contributed by atoms with Gasteiger partial charge in [-0.1, -0.05) is 0 Å². The zero-order valence-corrected chi connectivity index (χ0v) is 11.0. The summed E-state index contributed by atoms with van der Waals surface area (Å²) in [5, 5.41) is 7.68. The number of ether oxygens (including phenoxy) is 1. The van der Waals surface area contributed by atoms with Crippen LogP contribution in [0.1, 0.15) is 38.4 Å². The van der Waals surface area contributed by atoms with Gasteiger partial charge in [-0.3, -0.25) is 4.68 Å². The van der Waals surface area contributed by atoms with Crippen LogP contribution in [-0.2, 0) is 11.3 Å². The first-order chi connectivity index (χ1) is 8.19. The van der Waals surface area contributed by atoms with E-state index in [0.717, 1.165) is 18.2 Å². The Hall–Kier alpha value is -0.870. The van der Waals surface area contributed by atoms with Crippen molar-refractivity contribution in [1.82, 2.24) is 15.1 Å². The molecule has 1 aromatic heterocycles. The molecule has 4 nitrogen and oxygen atoms in total. The molecule has 1 fully saturated rings. The van der Waals surface area contributed by atoms with E-state index in [1.54, 1.807) is 0 Å². The van der Waals surface area contributed by atoms with Gasteiger partial charge < -0.3 is 10.1 Å². The first kappa shape index (κ1) is 12.6. The second kappa shape index (κ2) is 5.65. The first-order valence-electron chi connectivity index (χ1n) is 6.49. The quantitative estimate of drug-likeness (QED) is 0.822. The van der Waals surface area contributed by atoms with Crippen molar-refractivity contribution >= 4 is 0 Å². The second-order valence-corrected chi connectivity index (χ2v) is 5.21. The van der Waals surface area contributed by atoms with E-state index in [9.17, 15) is 0 Å². The van der Waals surface area contributed by atoms with Crippen LogP contribution in [-0.4, -0.2) is 29.5 Å². The Morgan fingerprint density at radius 3 is 2.88 bits per heavy atom. The van der Waals surface area contributed by atoms with Crippen molar-refractivity contribution in [2.24, 2.45) is 5.92 Å². The molecule has 1 aromatic rings. The molecule has 1 aliphatic carbocycles. The highest BCUT2D eigenvalue weighted by atomic mass is 16.5. The van der Waals surface area contributed by atoms with Crippen molar-refractivity contribution in [2.45, 2.75) is 45.4 Å². The van der Waals surface area contributed by atoms with Gasteiger partial charge in [0.1, 0.15) is 0 Å². The minimum Gasteiger partial charge on any atom is -0.372 e. The van der Waals surface area contributed by atoms with Gasteiger partial charge in [-0.25, -0.2) is 0 Å². The highest BCUT2D eigenvalue weighted by molar-refractivity contribution is 4.98. The molecule has 1 N–H and O–H groups in total. The first-order valence-corrected chi connectivity index (χ1v) is 6.49. The predicted octanol–water partition coefficient (Wildman–Crippen LogP) is 1.98. The molecule has 96 valence electrons. The van der Waals surface area contributed by atoms with E-state index < -0.39 is 0 Å². The molecule has 1 heterocycles. The second-order valence-electron chi connectivity index (χ2n) is 5.21. The molecular formula is C13H23N3O. The predicted molar refractivity (Wildman–Crippen MR) is 67.8 cm³/mol. The van der Waals surface area contributed by atoms with Crippen LogP contribution in [0.4, 0.5) is 0 Å². The summed E-state index contributed by atoms with van der Waals surface area (Å²) in [4.78, 5) is 0. The number of hydrogen-bond donors (Lipinski definition) is 1. The van der Waals surface area contributed by atoms with Crippen LogP contribution < -0.4 is 5.32 Å². The molecule has 0 aromatic carbocycles. The van der Waals surface area contributed by atoms with Gasteiger partial charge in [0.05, 0.1) is 18.4 Å². The molecular weight excluding hydrogens is 214 g/mol. The Morgan fingerprint density at radius 2 is 2.29 bits per heavy atom. The van der Waals surface area contributed by atoms with Crippen LogP contribution in [0.25, 0.3) is 0 Å². The maximum Gasteiger partial charge on any atom is 0.0910 e. The third kappa shape index (κ3) is 3.30. The molecule has 0 bridgehead atoms. The summed E-state index contributed by atoms with van der Waals surface area (Å²) in [7, 11) is 2.01. The molecule has 1 saturated carbocycles. The van der Waals surface area contributed by atoms with Crippen molar-refractivity contribution in [3.63, 3.8) is 0 Å². The lowest BCUT2D eigenvalue weighted by atomic mass is 9.82. The highest BCUT2D eigenvalue weighted by Gasteiger charge is 2.29. The SMILES string of the molecule is CNCC1CC(OCc2ccn(C(C)C)n2)C1. The molecule has 17 heavy (non-hydrogen) atoms. The van der Waals surface area contributed by atoms with E-state index in [4.69, 9.17) is 4.74 Å². The van der Waals surface area contributed by atoms with Crippen LogP contribution in [0.2, 0.25) is 0 Å². The zero-order chi connectivity index (χ0) is 12.3. The van der Waals surface area contributed by atoms with Gasteiger partial charge in [0.25, 0.3) is 0 Å². The van der Waals surface area contributed by atoms with Gasteiger partial charge in [0.15, 0.2) is 0 Å². The fourth-order valence-electron chi connectivity index (χ4n) is 2.21. The average Bonchev–Trinajstić information content (AvgIpc) is 2.70. The Labute approximate surface area is 103 Å². The third-order valence-corrected chi connectivity index (χ3v) is 3.34. The van der Waals surface area contributed by atoms with Crippen LogP contribution in [0, 0.1) is 5.92 Å². The van der Waals surface area contributed by atoms with Crippen LogP contribution in [0.5, 0.6) is 0 Å². The van der Waals surface area contributed by atoms with Crippen LogP contribution >= 0.6 is 0 Å². The number of nitrogens with zero attached hydrogens (tertiary/aromatic N) is 2. The molecule has 0 amide bonds. The number of nitrogens with one attached hydrogen (secondary N) is 1. The smallest absolute Gasteiger partial charge is 0.0910 e. The summed E-state index contributed by atoms with van der Waals surface area (Å²) >= 11 is 0. The lowest BCUT2D eigenvalue weighted by Crippen LogP contribution is -2.36.